The zero-order chi connectivity index (χ0) is 20.4. The molecule has 0 aliphatic carbocycles. The Morgan fingerprint density at radius 2 is 1.79 bits per heavy atom. The number of nitrogens with one attached hydrogen (secondary N) is 2. The summed E-state index contributed by atoms with van der Waals surface area (Å²) in [5.41, 5.74) is 2.26. The van der Waals surface area contributed by atoms with Crippen LogP contribution in [0, 0.1) is 10.1 Å². The summed E-state index contributed by atoms with van der Waals surface area (Å²) in [5, 5.41) is 20.4. The molecule has 1 aromatic heterocycles. The summed E-state index contributed by atoms with van der Waals surface area (Å²) < 4.78 is 1.47. The van der Waals surface area contributed by atoms with Gasteiger partial charge in [0.2, 0.25) is 0 Å². The summed E-state index contributed by atoms with van der Waals surface area (Å²) in [6.45, 7) is 1.21. The number of non-ortho nitro benzene ring substituents is 1. The molecule has 1 saturated heterocycles. The minimum absolute atomic E-state index is 0.0197. The third kappa shape index (κ3) is 3.76. The Labute approximate surface area is 164 Å². The normalized spacial score (nSPS) is 13.2. The summed E-state index contributed by atoms with van der Waals surface area (Å²) in [7, 11) is 0. The molecule has 146 valence electrons. The number of hydrogen-bond donors (Lipinski definition) is 2. The highest BCUT2D eigenvalue weighted by Gasteiger charge is 2.21. The van der Waals surface area contributed by atoms with Crippen molar-refractivity contribution in [3.05, 3.63) is 76.6 Å². The van der Waals surface area contributed by atoms with E-state index in [1.54, 1.807) is 47.5 Å². The third-order valence-corrected chi connectivity index (χ3v) is 4.46. The molecule has 3 aromatic rings. The Morgan fingerprint density at radius 1 is 1.10 bits per heavy atom. The first-order valence-electron chi connectivity index (χ1n) is 8.77. The van der Waals surface area contributed by atoms with Crippen LogP contribution in [0.2, 0.25) is 0 Å². The smallest absolute Gasteiger partial charge is 0.321 e. The van der Waals surface area contributed by atoms with Crippen LogP contribution in [0.5, 0.6) is 0 Å². The molecule has 2 N–H and O–H groups in total. The molecule has 0 spiro atoms. The summed E-state index contributed by atoms with van der Waals surface area (Å²) in [4.78, 5) is 36.0. The molecule has 1 aliphatic rings. The molecule has 0 bridgehead atoms. The van der Waals surface area contributed by atoms with Crippen molar-refractivity contribution in [3.63, 3.8) is 0 Å². The van der Waals surface area contributed by atoms with Crippen molar-refractivity contribution in [1.82, 2.24) is 15.1 Å². The summed E-state index contributed by atoms with van der Waals surface area (Å²) >= 11 is 0. The molecular weight excluding hydrogens is 376 g/mol. The Kier molecular flexibility index (Phi) is 4.65. The number of urea groups is 1. The van der Waals surface area contributed by atoms with Gasteiger partial charge in [-0.1, -0.05) is 0 Å². The van der Waals surface area contributed by atoms with Crippen LogP contribution in [0.1, 0.15) is 10.4 Å². The van der Waals surface area contributed by atoms with Crippen LogP contribution in [0.25, 0.3) is 5.69 Å². The Hall–Kier alpha value is -4.21. The molecule has 10 heteroatoms. The largest absolute Gasteiger partial charge is 0.336 e. The van der Waals surface area contributed by atoms with Gasteiger partial charge in [-0.3, -0.25) is 19.8 Å². The van der Waals surface area contributed by atoms with E-state index in [-0.39, 0.29) is 17.6 Å². The van der Waals surface area contributed by atoms with Gasteiger partial charge < -0.3 is 10.6 Å². The average molecular weight is 392 g/mol. The first-order valence-corrected chi connectivity index (χ1v) is 8.77. The minimum Gasteiger partial charge on any atom is -0.336 e. The maximum absolute atomic E-state index is 12.5. The van der Waals surface area contributed by atoms with Gasteiger partial charge in [-0.25, -0.2) is 9.48 Å². The second-order valence-corrected chi connectivity index (χ2v) is 6.33. The van der Waals surface area contributed by atoms with E-state index >= 15 is 0 Å². The van der Waals surface area contributed by atoms with Crippen molar-refractivity contribution in [2.45, 2.75) is 0 Å². The first-order chi connectivity index (χ1) is 14.0. The van der Waals surface area contributed by atoms with Crippen molar-refractivity contribution in [2.24, 2.45) is 0 Å². The second kappa shape index (κ2) is 7.43. The number of amides is 3. The molecule has 2 aromatic carbocycles. The van der Waals surface area contributed by atoms with E-state index in [2.05, 4.69) is 15.7 Å². The number of anilines is 2. The minimum atomic E-state index is -0.479. The van der Waals surface area contributed by atoms with Gasteiger partial charge in [0, 0.05) is 42.8 Å². The van der Waals surface area contributed by atoms with Crippen LogP contribution >= 0.6 is 0 Å². The lowest BCUT2D eigenvalue weighted by atomic mass is 10.2. The molecule has 3 amide bonds. The number of benzene rings is 2. The van der Waals surface area contributed by atoms with Gasteiger partial charge in [0.05, 0.1) is 22.4 Å². The zero-order valence-corrected chi connectivity index (χ0v) is 15.1. The van der Waals surface area contributed by atoms with Gasteiger partial charge in [-0.2, -0.15) is 5.10 Å². The molecule has 0 unspecified atom stereocenters. The van der Waals surface area contributed by atoms with E-state index in [4.69, 9.17) is 0 Å². The van der Waals surface area contributed by atoms with Gasteiger partial charge in [0.15, 0.2) is 0 Å². The Balaban J connectivity index is 1.44. The summed E-state index contributed by atoms with van der Waals surface area (Å²) in [6.07, 6.45) is 2.96. The lowest BCUT2D eigenvalue weighted by Gasteiger charge is -2.14. The fourth-order valence-electron chi connectivity index (χ4n) is 2.95. The standard InChI is InChI=1S/C19H16N6O4/c26-18(22-14-1-3-15(4-2-14)23-10-9-20-19(23)27)13-11-21-24(12-13)16-5-7-17(8-6-16)25(28)29/h1-8,11-12H,9-10H2,(H,20,27)(H,22,26). The molecule has 0 radical (unpaired) electrons. The van der Waals surface area contributed by atoms with Gasteiger partial charge in [0.1, 0.15) is 0 Å². The summed E-state index contributed by atoms with van der Waals surface area (Å²) in [6, 6.07) is 12.7. The Bertz CT molecular complexity index is 1070. The number of carbonyl (C=O) groups is 2. The molecule has 29 heavy (non-hydrogen) atoms. The van der Waals surface area contributed by atoms with E-state index in [0.717, 1.165) is 5.69 Å². The van der Waals surface area contributed by atoms with Crippen LogP contribution in [-0.2, 0) is 0 Å². The highest BCUT2D eigenvalue weighted by Crippen LogP contribution is 2.20. The third-order valence-electron chi connectivity index (χ3n) is 4.46. The average Bonchev–Trinajstić information content (AvgIpc) is 3.38. The number of aromatic nitrogens is 2. The van der Waals surface area contributed by atoms with Crippen molar-refractivity contribution in [1.29, 1.82) is 0 Å². The topological polar surface area (TPSA) is 122 Å². The molecule has 2 heterocycles. The van der Waals surface area contributed by atoms with E-state index < -0.39 is 4.92 Å². The van der Waals surface area contributed by atoms with Crippen LogP contribution in [-0.4, -0.2) is 39.7 Å². The number of carbonyl (C=O) groups excluding carboxylic acids is 2. The number of nitro groups is 1. The maximum Gasteiger partial charge on any atom is 0.321 e. The Morgan fingerprint density at radius 3 is 2.41 bits per heavy atom. The van der Waals surface area contributed by atoms with Crippen LogP contribution in [0.4, 0.5) is 21.9 Å². The SMILES string of the molecule is O=C(Nc1ccc(N2CCNC2=O)cc1)c1cnn(-c2ccc([N+](=O)[O-])cc2)c1. The zero-order valence-electron chi connectivity index (χ0n) is 15.1. The predicted molar refractivity (Wildman–Crippen MR) is 105 cm³/mol. The highest BCUT2D eigenvalue weighted by molar-refractivity contribution is 6.04. The van der Waals surface area contributed by atoms with Crippen molar-refractivity contribution in [2.75, 3.05) is 23.3 Å². The summed E-state index contributed by atoms with van der Waals surface area (Å²) in [5.74, 6) is -0.343. The highest BCUT2D eigenvalue weighted by atomic mass is 16.6. The molecule has 0 saturated carbocycles. The number of hydrogen-bond acceptors (Lipinski definition) is 5. The van der Waals surface area contributed by atoms with Gasteiger partial charge in [-0.15, -0.1) is 0 Å². The molecule has 1 fully saturated rings. The van der Waals surface area contributed by atoms with Gasteiger partial charge in [0.25, 0.3) is 11.6 Å². The van der Waals surface area contributed by atoms with Crippen molar-refractivity contribution < 1.29 is 14.5 Å². The quantitative estimate of drug-likeness (QED) is 0.510. The van der Waals surface area contributed by atoms with Gasteiger partial charge >= 0.3 is 6.03 Å². The van der Waals surface area contributed by atoms with E-state index in [1.165, 1.54) is 23.0 Å². The van der Waals surface area contributed by atoms with E-state index in [0.29, 0.717) is 30.0 Å². The van der Waals surface area contributed by atoms with Crippen molar-refractivity contribution >= 4 is 29.0 Å². The fourth-order valence-corrected chi connectivity index (χ4v) is 2.95. The fraction of sp³-hybridized carbons (Fsp3) is 0.105. The molecule has 4 rings (SSSR count). The van der Waals surface area contributed by atoms with Crippen LogP contribution < -0.4 is 15.5 Å². The van der Waals surface area contributed by atoms with E-state index in [9.17, 15) is 19.7 Å². The molecule has 10 nitrogen and oxygen atoms in total. The molecular formula is C19H16N6O4. The molecule has 1 aliphatic heterocycles. The van der Waals surface area contributed by atoms with Crippen molar-refractivity contribution in [3.8, 4) is 5.69 Å². The molecule has 0 atom stereocenters. The first kappa shape index (κ1) is 18.2. The number of rotatable bonds is 5. The number of nitro benzene ring substituents is 1. The maximum atomic E-state index is 12.5. The lowest BCUT2D eigenvalue weighted by Crippen LogP contribution is -2.27. The monoisotopic (exact) mass is 392 g/mol. The predicted octanol–water partition coefficient (Wildman–Crippen LogP) is 2.56. The number of nitrogens with zero attached hydrogens (tertiary/aromatic N) is 4. The second-order valence-electron chi connectivity index (χ2n) is 6.33. The van der Waals surface area contributed by atoms with Crippen LogP contribution in [0.3, 0.4) is 0 Å². The van der Waals surface area contributed by atoms with Crippen LogP contribution in [0.15, 0.2) is 60.9 Å². The lowest BCUT2D eigenvalue weighted by molar-refractivity contribution is -0.384. The van der Waals surface area contributed by atoms with Gasteiger partial charge in [-0.05, 0) is 36.4 Å². The van der Waals surface area contributed by atoms with E-state index in [1.807, 2.05) is 0 Å².